The minimum absolute atomic E-state index is 0.0941. The lowest BCUT2D eigenvalue weighted by Gasteiger charge is -2.19. The minimum atomic E-state index is -1.18. The van der Waals surface area contributed by atoms with Gasteiger partial charge in [0.1, 0.15) is 13.1 Å². The molecule has 17 heavy (non-hydrogen) atoms. The molecule has 4 N–H and O–H groups in total. The summed E-state index contributed by atoms with van der Waals surface area (Å²) >= 11 is 0. The largest absolute Gasteiger partial charge is 0.480 e. The van der Waals surface area contributed by atoms with Crippen molar-refractivity contribution >= 4 is 17.9 Å². The van der Waals surface area contributed by atoms with Crippen molar-refractivity contribution in [2.45, 2.75) is 25.8 Å². The summed E-state index contributed by atoms with van der Waals surface area (Å²) < 4.78 is 0. The van der Waals surface area contributed by atoms with E-state index in [9.17, 15) is 14.4 Å². The Hall–Kier alpha value is -1.79. The maximum atomic E-state index is 11.7. The van der Waals surface area contributed by atoms with E-state index < -0.39 is 24.5 Å². The highest BCUT2D eigenvalue weighted by atomic mass is 16.4. The SMILES string of the molecule is CCC1CC1NC(=O)N(CC(N)=O)CC(=O)O. The number of hydrogen-bond acceptors (Lipinski definition) is 3. The second-order valence-corrected chi connectivity index (χ2v) is 4.18. The van der Waals surface area contributed by atoms with E-state index in [2.05, 4.69) is 5.32 Å². The highest BCUT2D eigenvalue weighted by Crippen LogP contribution is 2.33. The van der Waals surface area contributed by atoms with E-state index in [-0.39, 0.29) is 12.6 Å². The van der Waals surface area contributed by atoms with Crippen LogP contribution in [0.25, 0.3) is 0 Å². The number of carbonyl (C=O) groups is 3. The second kappa shape index (κ2) is 5.51. The molecule has 0 spiro atoms. The van der Waals surface area contributed by atoms with E-state index in [4.69, 9.17) is 10.8 Å². The lowest BCUT2D eigenvalue weighted by Crippen LogP contribution is -2.47. The van der Waals surface area contributed by atoms with Crippen molar-refractivity contribution in [3.05, 3.63) is 0 Å². The Kier molecular flexibility index (Phi) is 4.30. The van der Waals surface area contributed by atoms with Crippen molar-refractivity contribution < 1.29 is 19.5 Å². The van der Waals surface area contributed by atoms with Gasteiger partial charge < -0.3 is 21.1 Å². The van der Waals surface area contributed by atoms with Crippen LogP contribution in [0.1, 0.15) is 19.8 Å². The van der Waals surface area contributed by atoms with Gasteiger partial charge in [-0.1, -0.05) is 13.3 Å². The molecule has 0 aromatic carbocycles. The Bertz CT molecular complexity index is 316. The van der Waals surface area contributed by atoms with Crippen molar-refractivity contribution in [3.8, 4) is 0 Å². The zero-order valence-corrected chi connectivity index (χ0v) is 9.68. The quantitative estimate of drug-likeness (QED) is 0.576. The summed E-state index contributed by atoms with van der Waals surface area (Å²) in [6, 6.07) is -0.455. The molecule has 1 saturated carbocycles. The molecule has 1 fully saturated rings. The smallest absolute Gasteiger partial charge is 0.323 e. The van der Waals surface area contributed by atoms with Gasteiger partial charge in [-0.05, 0) is 12.3 Å². The number of nitrogens with one attached hydrogen (secondary N) is 1. The molecule has 7 nitrogen and oxygen atoms in total. The number of carbonyl (C=O) groups excluding carboxylic acids is 2. The number of nitrogens with two attached hydrogens (primary N) is 1. The summed E-state index contributed by atoms with van der Waals surface area (Å²) in [7, 11) is 0. The lowest BCUT2D eigenvalue weighted by atomic mass is 10.3. The number of urea groups is 1. The third-order valence-corrected chi connectivity index (χ3v) is 2.72. The molecular weight excluding hydrogens is 226 g/mol. The summed E-state index contributed by atoms with van der Waals surface area (Å²) in [5.41, 5.74) is 4.95. The standard InChI is InChI=1S/C10H17N3O4/c1-2-6-3-7(6)12-10(17)13(4-8(11)14)5-9(15)16/h6-7H,2-5H2,1H3,(H2,11,14)(H,12,17)(H,15,16). The maximum absolute atomic E-state index is 11.7. The van der Waals surface area contributed by atoms with E-state index in [0.717, 1.165) is 17.7 Å². The zero-order valence-electron chi connectivity index (χ0n) is 9.68. The predicted molar refractivity (Wildman–Crippen MR) is 59.1 cm³/mol. The van der Waals surface area contributed by atoms with Crippen LogP contribution in [0.5, 0.6) is 0 Å². The molecule has 0 aromatic rings. The molecule has 0 bridgehead atoms. The van der Waals surface area contributed by atoms with Crippen molar-refractivity contribution in [1.29, 1.82) is 0 Å². The molecule has 0 radical (unpaired) electrons. The molecular formula is C10H17N3O4. The molecule has 2 atom stereocenters. The van der Waals surface area contributed by atoms with Crippen LogP contribution in [-0.2, 0) is 9.59 Å². The van der Waals surface area contributed by atoms with E-state index in [1.54, 1.807) is 0 Å². The van der Waals surface area contributed by atoms with Crippen LogP contribution in [0.15, 0.2) is 0 Å². The molecule has 1 aliphatic rings. The number of rotatable bonds is 6. The molecule has 1 rings (SSSR count). The van der Waals surface area contributed by atoms with Crippen LogP contribution < -0.4 is 11.1 Å². The van der Waals surface area contributed by atoms with Gasteiger partial charge >= 0.3 is 12.0 Å². The number of carboxylic acids is 1. The van der Waals surface area contributed by atoms with Crippen molar-refractivity contribution in [2.75, 3.05) is 13.1 Å². The van der Waals surface area contributed by atoms with E-state index in [0.29, 0.717) is 5.92 Å². The van der Waals surface area contributed by atoms with Gasteiger partial charge in [0.2, 0.25) is 5.91 Å². The Morgan fingerprint density at radius 1 is 1.41 bits per heavy atom. The fourth-order valence-corrected chi connectivity index (χ4v) is 1.68. The van der Waals surface area contributed by atoms with Crippen LogP contribution in [0.4, 0.5) is 4.79 Å². The summed E-state index contributed by atoms with van der Waals surface area (Å²) in [5, 5.41) is 11.3. The third kappa shape index (κ3) is 4.29. The maximum Gasteiger partial charge on any atom is 0.323 e. The molecule has 7 heteroatoms. The van der Waals surface area contributed by atoms with Gasteiger partial charge in [-0.3, -0.25) is 9.59 Å². The molecule has 0 aliphatic heterocycles. The van der Waals surface area contributed by atoms with Crippen LogP contribution in [0, 0.1) is 5.92 Å². The van der Waals surface area contributed by atoms with Crippen LogP contribution in [0.3, 0.4) is 0 Å². The highest BCUT2D eigenvalue weighted by molar-refractivity contribution is 5.86. The first-order valence-electron chi connectivity index (χ1n) is 5.49. The van der Waals surface area contributed by atoms with Gasteiger partial charge in [-0.15, -0.1) is 0 Å². The fourth-order valence-electron chi connectivity index (χ4n) is 1.68. The first kappa shape index (κ1) is 13.3. The monoisotopic (exact) mass is 243 g/mol. The van der Waals surface area contributed by atoms with Crippen LogP contribution >= 0.6 is 0 Å². The van der Waals surface area contributed by atoms with Gasteiger partial charge in [-0.25, -0.2) is 4.79 Å². The highest BCUT2D eigenvalue weighted by Gasteiger charge is 2.37. The molecule has 0 saturated heterocycles. The van der Waals surface area contributed by atoms with Gasteiger partial charge in [-0.2, -0.15) is 0 Å². The van der Waals surface area contributed by atoms with E-state index >= 15 is 0 Å². The van der Waals surface area contributed by atoms with E-state index in [1.807, 2.05) is 6.92 Å². The third-order valence-electron chi connectivity index (χ3n) is 2.72. The summed E-state index contributed by atoms with van der Waals surface area (Å²) in [6.45, 7) is 1.11. The number of primary amides is 1. The Labute approximate surface area is 98.9 Å². The summed E-state index contributed by atoms with van der Waals surface area (Å²) in [4.78, 5) is 33.8. The number of nitrogens with zero attached hydrogens (tertiary/aromatic N) is 1. The lowest BCUT2D eigenvalue weighted by molar-refractivity contribution is -0.137. The first-order chi connectivity index (χ1) is 7.93. The molecule has 1 aliphatic carbocycles. The molecule has 3 amide bonds. The Morgan fingerprint density at radius 2 is 2.06 bits per heavy atom. The number of carboxylic acid groups (broad SMARTS) is 1. The zero-order chi connectivity index (χ0) is 13.0. The Morgan fingerprint density at radius 3 is 2.47 bits per heavy atom. The number of amides is 3. The minimum Gasteiger partial charge on any atom is -0.480 e. The average molecular weight is 243 g/mol. The van der Waals surface area contributed by atoms with Gasteiger partial charge in [0.25, 0.3) is 0 Å². The molecule has 2 unspecified atom stereocenters. The topological polar surface area (TPSA) is 113 Å². The van der Waals surface area contributed by atoms with Gasteiger partial charge in [0.05, 0.1) is 0 Å². The molecule has 96 valence electrons. The second-order valence-electron chi connectivity index (χ2n) is 4.18. The number of aliphatic carboxylic acids is 1. The normalized spacial score (nSPS) is 21.7. The van der Waals surface area contributed by atoms with E-state index in [1.165, 1.54) is 0 Å². The Balaban J connectivity index is 2.47. The summed E-state index contributed by atoms with van der Waals surface area (Å²) in [6.07, 6.45) is 1.87. The first-order valence-corrected chi connectivity index (χ1v) is 5.49. The van der Waals surface area contributed by atoms with Crippen molar-refractivity contribution in [2.24, 2.45) is 11.7 Å². The van der Waals surface area contributed by atoms with Crippen LogP contribution in [0.2, 0.25) is 0 Å². The van der Waals surface area contributed by atoms with Gasteiger partial charge in [0, 0.05) is 6.04 Å². The summed E-state index contributed by atoms with van der Waals surface area (Å²) in [5.74, 6) is -1.45. The predicted octanol–water partition coefficient (Wildman–Crippen LogP) is -0.634. The fraction of sp³-hybridized carbons (Fsp3) is 0.700. The van der Waals surface area contributed by atoms with Gasteiger partial charge in [0.15, 0.2) is 0 Å². The van der Waals surface area contributed by atoms with Crippen LogP contribution in [-0.4, -0.2) is 47.0 Å². The van der Waals surface area contributed by atoms with Crippen molar-refractivity contribution in [3.63, 3.8) is 0 Å². The molecule has 0 heterocycles. The number of hydrogen-bond donors (Lipinski definition) is 3. The van der Waals surface area contributed by atoms with Crippen molar-refractivity contribution in [1.82, 2.24) is 10.2 Å². The average Bonchev–Trinajstić information content (AvgIpc) is 2.94. The molecule has 0 aromatic heterocycles.